The molecule has 2 rings (SSSR count). The Bertz CT molecular complexity index is 613. The van der Waals surface area contributed by atoms with E-state index in [0.29, 0.717) is 6.07 Å². The van der Waals surface area contributed by atoms with Gasteiger partial charge in [-0.15, -0.1) is 0 Å². The van der Waals surface area contributed by atoms with Crippen molar-refractivity contribution in [2.75, 3.05) is 0 Å². The molecular formula is C12H13ClF3NO3S. The average Bonchev–Trinajstić information content (AvgIpc) is 2.88. The van der Waals surface area contributed by atoms with Crippen LogP contribution in [0.5, 0.6) is 0 Å². The molecule has 0 amide bonds. The molecule has 0 unspecified atom stereocenters. The lowest BCUT2D eigenvalue weighted by Crippen LogP contribution is -2.28. The van der Waals surface area contributed by atoms with Crippen LogP contribution in [0.2, 0.25) is 5.02 Å². The molecule has 0 spiro atoms. The highest BCUT2D eigenvalue weighted by Gasteiger charge is 2.34. The molecule has 1 fully saturated rings. The van der Waals surface area contributed by atoms with E-state index in [1.165, 1.54) is 0 Å². The lowest BCUT2D eigenvalue weighted by atomic mass is 10.2. The van der Waals surface area contributed by atoms with E-state index in [0.717, 1.165) is 37.8 Å². The summed E-state index contributed by atoms with van der Waals surface area (Å²) < 4.78 is 62.0. The molecule has 1 aromatic rings. The largest absolute Gasteiger partial charge is 0.417 e. The summed E-state index contributed by atoms with van der Waals surface area (Å²) in [5.74, 6) is 0. The smallest absolute Gasteiger partial charge is 0.284 e. The molecule has 0 aromatic heterocycles. The Morgan fingerprint density at radius 1 is 1.24 bits per heavy atom. The van der Waals surface area contributed by atoms with Crippen LogP contribution in [0.3, 0.4) is 0 Å². The number of hydrogen-bond donors (Lipinski definition) is 1. The topological polar surface area (TPSA) is 55.4 Å². The molecule has 0 aliphatic heterocycles. The fourth-order valence-corrected chi connectivity index (χ4v) is 3.18. The van der Waals surface area contributed by atoms with Gasteiger partial charge in [-0.25, -0.2) is 8.42 Å². The number of hydrogen-bond acceptors (Lipinski definition) is 3. The number of rotatable bonds is 4. The van der Waals surface area contributed by atoms with E-state index in [1.54, 1.807) is 0 Å². The van der Waals surface area contributed by atoms with Crippen molar-refractivity contribution < 1.29 is 26.4 Å². The average molecular weight is 344 g/mol. The normalized spacial score (nSPS) is 17.3. The Balaban J connectivity index is 2.19. The molecule has 1 N–H and O–H groups in total. The second kappa shape index (κ2) is 6.12. The van der Waals surface area contributed by atoms with Crippen LogP contribution < -0.4 is 4.89 Å². The quantitative estimate of drug-likeness (QED) is 0.851. The number of sulfonamides is 1. The third-order valence-electron chi connectivity index (χ3n) is 3.18. The second-order valence-corrected chi connectivity index (χ2v) is 6.80. The van der Waals surface area contributed by atoms with E-state index in [2.05, 4.69) is 0 Å². The van der Waals surface area contributed by atoms with Crippen molar-refractivity contribution in [1.82, 2.24) is 4.89 Å². The minimum absolute atomic E-state index is 0.242. The molecule has 0 atom stereocenters. The first-order valence-electron chi connectivity index (χ1n) is 6.24. The van der Waals surface area contributed by atoms with E-state index in [1.807, 2.05) is 4.89 Å². The number of alkyl halides is 3. The maximum absolute atomic E-state index is 12.7. The SMILES string of the molecule is O=S(=O)(NOC1CCCC1)c1ccc(Cl)c(C(F)(F)F)c1. The molecule has 1 aromatic carbocycles. The molecule has 1 aliphatic carbocycles. The molecule has 4 nitrogen and oxygen atoms in total. The lowest BCUT2D eigenvalue weighted by Gasteiger charge is -2.14. The monoisotopic (exact) mass is 343 g/mol. The zero-order valence-corrected chi connectivity index (χ0v) is 12.4. The lowest BCUT2D eigenvalue weighted by molar-refractivity contribution is -0.137. The minimum Gasteiger partial charge on any atom is -0.284 e. The van der Waals surface area contributed by atoms with Gasteiger partial charge >= 0.3 is 6.18 Å². The highest BCUT2D eigenvalue weighted by Crippen LogP contribution is 2.35. The van der Waals surface area contributed by atoms with E-state index in [-0.39, 0.29) is 6.10 Å². The summed E-state index contributed by atoms with van der Waals surface area (Å²) in [4.78, 5) is 6.36. The van der Waals surface area contributed by atoms with E-state index < -0.39 is 31.7 Å². The second-order valence-electron chi connectivity index (χ2n) is 4.75. The summed E-state index contributed by atoms with van der Waals surface area (Å²) >= 11 is 5.45. The molecule has 0 bridgehead atoms. The maximum Gasteiger partial charge on any atom is 0.417 e. The zero-order chi connectivity index (χ0) is 15.7. The Labute approximate surface area is 125 Å². The van der Waals surface area contributed by atoms with Gasteiger partial charge in [0.05, 0.1) is 21.6 Å². The third-order valence-corrected chi connectivity index (χ3v) is 4.70. The van der Waals surface area contributed by atoms with Crippen molar-refractivity contribution in [2.24, 2.45) is 0 Å². The van der Waals surface area contributed by atoms with Gasteiger partial charge in [-0.05, 0) is 31.0 Å². The van der Waals surface area contributed by atoms with Gasteiger partial charge in [-0.3, -0.25) is 4.84 Å². The first-order valence-corrected chi connectivity index (χ1v) is 8.10. The fourth-order valence-electron chi connectivity index (χ4n) is 2.07. The predicted molar refractivity (Wildman–Crippen MR) is 70.1 cm³/mol. The van der Waals surface area contributed by atoms with Gasteiger partial charge in [0.25, 0.3) is 10.0 Å². The van der Waals surface area contributed by atoms with Gasteiger partial charge < -0.3 is 0 Å². The maximum atomic E-state index is 12.7. The van der Waals surface area contributed by atoms with Crippen LogP contribution in [0, 0.1) is 0 Å². The van der Waals surface area contributed by atoms with Crippen molar-refractivity contribution in [2.45, 2.75) is 42.9 Å². The van der Waals surface area contributed by atoms with Gasteiger partial charge in [-0.2, -0.15) is 13.2 Å². The molecule has 0 heterocycles. The highest BCUT2D eigenvalue weighted by molar-refractivity contribution is 7.89. The van der Waals surface area contributed by atoms with E-state index in [9.17, 15) is 21.6 Å². The third kappa shape index (κ3) is 4.09. The van der Waals surface area contributed by atoms with Gasteiger partial charge in [0.2, 0.25) is 0 Å². The van der Waals surface area contributed by atoms with Gasteiger partial charge in [0, 0.05) is 0 Å². The minimum atomic E-state index is -4.73. The molecule has 21 heavy (non-hydrogen) atoms. The summed E-state index contributed by atoms with van der Waals surface area (Å²) in [5.41, 5.74) is -1.20. The summed E-state index contributed by atoms with van der Waals surface area (Å²) in [6, 6.07) is 2.38. The first kappa shape index (κ1) is 16.5. The highest BCUT2D eigenvalue weighted by atomic mass is 35.5. The summed E-state index contributed by atoms with van der Waals surface area (Å²) in [6.45, 7) is 0. The van der Waals surface area contributed by atoms with Crippen molar-refractivity contribution >= 4 is 21.6 Å². The van der Waals surface area contributed by atoms with E-state index in [4.69, 9.17) is 16.4 Å². The van der Waals surface area contributed by atoms with Crippen LogP contribution in [0.25, 0.3) is 0 Å². The number of nitrogens with one attached hydrogen (secondary N) is 1. The van der Waals surface area contributed by atoms with Crippen LogP contribution in [0.15, 0.2) is 23.1 Å². The first-order chi connectivity index (χ1) is 9.70. The van der Waals surface area contributed by atoms with Crippen LogP contribution in [-0.4, -0.2) is 14.5 Å². The standard InChI is InChI=1S/C12H13ClF3NO3S/c13-11-6-5-9(7-10(11)12(14,15)16)21(18,19)17-20-8-3-1-2-4-8/h5-8,17H,1-4H2. The Kier molecular flexibility index (Phi) is 4.82. The number of halogens is 4. The molecule has 1 aliphatic rings. The van der Waals surface area contributed by atoms with Crippen LogP contribution >= 0.6 is 11.6 Å². The van der Waals surface area contributed by atoms with Crippen molar-refractivity contribution in [3.05, 3.63) is 28.8 Å². The Morgan fingerprint density at radius 2 is 1.86 bits per heavy atom. The molecule has 1 saturated carbocycles. The molecule has 0 saturated heterocycles. The Morgan fingerprint density at radius 3 is 2.43 bits per heavy atom. The van der Waals surface area contributed by atoms with Crippen LogP contribution in [0.4, 0.5) is 13.2 Å². The Hall–Kier alpha value is -0.830. The van der Waals surface area contributed by atoms with Crippen molar-refractivity contribution in [1.29, 1.82) is 0 Å². The van der Waals surface area contributed by atoms with Crippen LogP contribution in [0.1, 0.15) is 31.2 Å². The van der Waals surface area contributed by atoms with Crippen molar-refractivity contribution in [3.63, 3.8) is 0 Å². The number of benzene rings is 1. The van der Waals surface area contributed by atoms with E-state index >= 15 is 0 Å². The molecular weight excluding hydrogens is 331 g/mol. The molecule has 9 heteroatoms. The van der Waals surface area contributed by atoms with Gasteiger partial charge in [0.15, 0.2) is 0 Å². The predicted octanol–water partition coefficient (Wildman–Crippen LogP) is 3.51. The fraction of sp³-hybridized carbons (Fsp3) is 0.500. The summed E-state index contributed by atoms with van der Waals surface area (Å²) in [7, 11) is -4.18. The van der Waals surface area contributed by atoms with Gasteiger partial charge in [-0.1, -0.05) is 29.3 Å². The summed E-state index contributed by atoms with van der Waals surface area (Å²) in [5, 5.41) is -0.557. The van der Waals surface area contributed by atoms with Crippen molar-refractivity contribution in [3.8, 4) is 0 Å². The summed E-state index contributed by atoms with van der Waals surface area (Å²) in [6.07, 6.45) is -1.66. The zero-order valence-electron chi connectivity index (χ0n) is 10.8. The van der Waals surface area contributed by atoms with Crippen LogP contribution in [-0.2, 0) is 21.0 Å². The molecule has 0 radical (unpaired) electrons. The molecule has 118 valence electrons. The van der Waals surface area contributed by atoms with Gasteiger partial charge in [0.1, 0.15) is 0 Å².